The molecule has 0 amide bonds. The van der Waals surface area contributed by atoms with Gasteiger partial charge in [0.25, 0.3) is 0 Å². The van der Waals surface area contributed by atoms with E-state index in [1.807, 2.05) is 13.8 Å². The normalized spacial score (nSPS) is 16.2. The molecule has 3 nitrogen and oxygen atoms in total. The number of rotatable bonds is 3. The first kappa shape index (κ1) is 12.2. The Labute approximate surface area is 79.1 Å². The topological polar surface area (TPSA) is 57.5 Å². The van der Waals surface area contributed by atoms with Gasteiger partial charge in [0.15, 0.2) is 0 Å². The fraction of sp³-hybridized carbons (Fsp3) is 0.700. The quantitative estimate of drug-likeness (QED) is 0.661. The summed E-state index contributed by atoms with van der Waals surface area (Å²) >= 11 is 0. The molecule has 0 aliphatic heterocycles. The average molecular weight is 186 g/mol. The molecule has 13 heavy (non-hydrogen) atoms. The standard InChI is InChI=1S/C10H18O3/c1-7(2)6-10(5,13)9(3,4)8(11)12/h6,13H,1-5H3,(H,11,12). The Morgan fingerprint density at radius 2 is 1.62 bits per heavy atom. The summed E-state index contributed by atoms with van der Waals surface area (Å²) in [5.41, 5.74) is -1.60. The molecule has 76 valence electrons. The molecule has 3 heteroatoms. The maximum atomic E-state index is 10.9. The van der Waals surface area contributed by atoms with Crippen LogP contribution in [0.3, 0.4) is 0 Å². The first-order chi connectivity index (χ1) is 5.61. The van der Waals surface area contributed by atoms with E-state index in [9.17, 15) is 9.90 Å². The summed E-state index contributed by atoms with van der Waals surface area (Å²) in [6, 6.07) is 0. The minimum absolute atomic E-state index is 0.902. The van der Waals surface area contributed by atoms with Crippen LogP contribution in [0.5, 0.6) is 0 Å². The van der Waals surface area contributed by atoms with Gasteiger partial charge < -0.3 is 10.2 Å². The van der Waals surface area contributed by atoms with Crippen molar-refractivity contribution in [3.05, 3.63) is 11.6 Å². The molecule has 1 atom stereocenters. The van der Waals surface area contributed by atoms with E-state index >= 15 is 0 Å². The zero-order valence-electron chi connectivity index (χ0n) is 8.88. The van der Waals surface area contributed by atoms with Gasteiger partial charge in [-0.3, -0.25) is 4.79 Å². The van der Waals surface area contributed by atoms with E-state index in [1.54, 1.807) is 6.08 Å². The average Bonchev–Trinajstić information content (AvgIpc) is 1.83. The Kier molecular flexibility index (Phi) is 3.28. The minimum Gasteiger partial charge on any atom is -0.481 e. The van der Waals surface area contributed by atoms with Gasteiger partial charge in [0.1, 0.15) is 0 Å². The highest BCUT2D eigenvalue weighted by molar-refractivity contribution is 5.75. The molecule has 0 bridgehead atoms. The maximum Gasteiger partial charge on any atom is 0.312 e. The van der Waals surface area contributed by atoms with Crippen molar-refractivity contribution in [3.63, 3.8) is 0 Å². The van der Waals surface area contributed by atoms with Crippen LogP contribution in [0.4, 0.5) is 0 Å². The molecule has 0 spiro atoms. The highest BCUT2D eigenvalue weighted by Crippen LogP contribution is 2.32. The van der Waals surface area contributed by atoms with Gasteiger partial charge in [-0.1, -0.05) is 11.6 Å². The number of aliphatic hydroxyl groups is 1. The van der Waals surface area contributed by atoms with Crippen molar-refractivity contribution < 1.29 is 15.0 Å². The Balaban J connectivity index is 5.03. The predicted molar refractivity (Wildman–Crippen MR) is 51.5 cm³/mol. The van der Waals surface area contributed by atoms with Gasteiger partial charge in [0.2, 0.25) is 0 Å². The lowest BCUT2D eigenvalue weighted by Crippen LogP contribution is -2.46. The van der Waals surface area contributed by atoms with Crippen LogP contribution in [0.25, 0.3) is 0 Å². The van der Waals surface area contributed by atoms with Crippen molar-refractivity contribution in [1.29, 1.82) is 0 Å². The van der Waals surface area contributed by atoms with Crippen molar-refractivity contribution in [2.24, 2.45) is 5.41 Å². The number of carboxylic acids is 1. The van der Waals surface area contributed by atoms with Crippen LogP contribution in [0.2, 0.25) is 0 Å². The Hall–Kier alpha value is -0.830. The zero-order valence-corrected chi connectivity index (χ0v) is 8.88. The van der Waals surface area contributed by atoms with Gasteiger partial charge in [0.05, 0.1) is 11.0 Å². The molecule has 0 fully saturated rings. The zero-order chi connectivity index (χ0) is 10.9. The Morgan fingerprint density at radius 1 is 1.23 bits per heavy atom. The Morgan fingerprint density at radius 3 is 1.85 bits per heavy atom. The minimum atomic E-state index is -1.32. The molecule has 2 N–H and O–H groups in total. The third-order valence-corrected chi connectivity index (χ3v) is 2.37. The highest BCUT2D eigenvalue weighted by Gasteiger charge is 2.43. The van der Waals surface area contributed by atoms with Crippen molar-refractivity contribution in [3.8, 4) is 0 Å². The van der Waals surface area contributed by atoms with Crippen molar-refractivity contribution in [2.45, 2.75) is 40.2 Å². The molecule has 1 unspecified atom stereocenters. The van der Waals surface area contributed by atoms with Gasteiger partial charge in [-0.05, 0) is 34.6 Å². The van der Waals surface area contributed by atoms with Crippen LogP contribution < -0.4 is 0 Å². The van der Waals surface area contributed by atoms with Crippen LogP contribution >= 0.6 is 0 Å². The molecule has 0 aliphatic carbocycles. The third kappa shape index (κ3) is 2.56. The number of carbonyl (C=O) groups is 1. The molecule has 0 aliphatic rings. The van der Waals surface area contributed by atoms with Crippen molar-refractivity contribution in [1.82, 2.24) is 0 Å². The second-order valence-electron chi connectivity index (χ2n) is 4.30. The molecule has 0 saturated carbocycles. The number of aliphatic carboxylic acids is 1. The monoisotopic (exact) mass is 186 g/mol. The fourth-order valence-electron chi connectivity index (χ4n) is 0.959. The predicted octanol–water partition coefficient (Wildman–Crippen LogP) is 1.81. The van der Waals surface area contributed by atoms with Crippen LogP contribution in [0.15, 0.2) is 11.6 Å². The molecule has 0 aromatic rings. The van der Waals surface area contributed by atoms with Crippen LogP contribution in [0.1, 0.15) is 34.6 Å². The lowest BCUT2D eigenvalue weighted by molar-refractivity contribution is -0.157. The van der Waals surface area contributed by atoms with Gasteiger partial charge in [0, 0.05) is 0 Å². The summed E-state index contributed by atoms with van der Waals surface area (Å²) in [4.78, 5) is 10.9. The number of allylic oxidation sites excluding steroid dienone is 1. The van der Waals surface area contributed by atoms with E-state index in [0.717, 1.165) is 5.57 Å². The van der Waals surface area contributed by atoms with Crippen LogP contribution in [-0.2, 0) is 4.79 Å². The second kappa shape index (κ2) is 3.50. The molecule has 0 aromatic heterocycles. The lowest BCUT2D eigenvalue weighted by Gasteiger charge is -2.34. The number of hydrogen-bond acceptors (Lipinski definition) is 2. The summed E-state index contributed by atoms with van der Waals surface area (Å²) in [7, 11) is 0. The van der Waals surface area contributed by atoms with Gasteiger partial charge in [-0.25, -0.2) is 0 Å². The SMILES string of the molecule is CC(C)=CC(C)(O)C(C)(C)C(=O)O. The van der Waals surface area contributed by atoms with Crippen LogP contribution in [0, 0.1) is 5.41 Å². The van der Waals surface area contributed by atoms with Gasteiger partial charge >= 0.3 is 5.97 Å². The molecular formula is C10H18O3. The molecule has 0 rings (SSSR count). The summed E-state index contributed by atoms with van der Waals surface area (Å²) < 4.78 is 0. The maximum absolute atomic E-state index is 10.9. The highest BCUT2D eigenvalue weighted by atomic mass is 16.4. The molecule has 0 heterocycles. The van der Waals surface area contributed by atoms with Crippen molar-refractivity contribution in [2.75, 3.05) is 0 Å². The third-order valence-electron chi connectivity index (χ3n) is 2.37. The first-order valence-corrected chi connectivity index (χ1v) is 4.23. The summed E-state index contributed by atoms with van der Waals surface area (Å²) in [5.74, 6) is -1.00. The van der Waals surface area contributed by atoms with Crippen LogP contribution in [-0.4, -0.2) is 21.8 Å². The summed E-state index contributed by atoms with van der Waals surface area (Å²) in [6.07, 6.45) is 1.57. The molecule has 0 saturated heterocycles. The van der Waals surface area contributed by atoms with E-state index in [1.165, 1.54) is 20.8 Å². The van der Waals surface area contributed by atoms with E-state index in [-0.39, 0.29) is 0 Å². The van der Waals surface area contributed by atoms with E-state index in [4.69, 9.17) is 5.11 Å². The fourth-order valence-corrected chi connectivity index (χ4v) is 0.959. The van der Waals surface area contributed by atoms with E-state index < -0.39 is 17.0 Å². The molecule has 0 aromatic carbocycles. The van der Waals surface area contributed by atoms with Gasteiger partial charge in [-0.15, -0.1) is 0 Å². The second-order valence-corrected chi connectivity index (χ2v) is 4.30. The molecule has 0 radical (unpaired) electrons. The number of hydrogen-bond donors (Lipinski definition) is 2. The lowest BCUT2D eigenvalue weighted by atomic mass is 9.75. The van der Waals surface area contributed by atoms with E-state index in [2.05, 4.69) is 0 Å². The largest absolute Gasteiger partial charge is 0.481 e. The van der Waals surface area contributed by atoms with E-state index in [0.29, 0.717) is 0 Å². The summed E-state index contributed by atoms with van der Waals surface area (Å²) in [6.45, 7) is 8.18. The Bertz CT molecular complexity index is 233. The summed E-state index contributed by atoms with van der Waals surface area (Å²) in [5, 5.41) is 18.8. The van der Waals surface area contributed by atoms with Crippen molar-refractivity contribution >= 4 is 5.97 Å². The first-order valence-electron chi connectivity index (χ1n) is 4.23. The number of carboxylic acid groups (broad SMARTS) is 1. The van der Waals surface area contributed by atoms with Gasteiger partial charge in [-0.2, -0.15) is 0 Å². The molecular weight excluding hydrogens is 168 g/mol. The smallest absolute Gasteiger partial charge is 0.312 e.